The van der Waals surface area contributed by atoms with Gasteiger partial charge in [0.1, 0.15) is 5.01 Å². The van der Waals surface area contributed by atoms with Gasteiger partial charge in [0.25, 0.3) is 0 Å². The fraction of sp³-hybridized carbons (Fsp3) is 0.227. The van der Waals surface area contributed by atoms with Crippen LogP contribution >= 0.6 is 22.9 Å². The van der Waals surface area contributed by atoms with Gasteiger partial charge < -0.3 is 10.6 Å². The lowest BCUT2D eigenvalue weighted by Crippen LogP contribution is -2.36. The highest BCUT2D eigenvalue weighted by Crippen LogP contribution is 2.29. The predicted octanol–water partition coefficient (Wildman–Crippen LogP) is 4.63. The van der Waals surface area contributed by atoms with E-state index in [2.05, 4.69) is 15.6 Å². The molecule has 0 aliphatic rings. The number of carbonyl (C=O) groups is 2. The lowest BCUT2D eigenvalue weighted by atomic mass is 10.1. The molecule has 1 heterocycles. The molecule has 0 aliphatic heterocycles. The number of aryl methyl sites for hydroxylation is 2. The molecular formula is C22H22ClN3O2S. The standard InChI is InChI=1S/C22H22ClN3O2S/c1-3-15-6-4-5-7-18(15)26-21(28)20(27)24-13-12-19-14(2)25-22(29-19)16-8-10-17(23)11-9-16/h4-11H,3,12-13H2,1-2H3,(H,24,27)(H,26,28). The van der Waals surface area contributed by atoms with Gasteiger partial charge in [-0.1, -0.05) is 48.9 Å². The highest BCUT2D eigenvalue weighted by molar-refractivity contribution is 7.15. The molecule has 0 aliphatic carbocycles. The van der Waals surface area contributed by atoms with Crippen LogP contribution < -0.4 is 10.6 Å². The zero-order chi connectivity index (χ0) is 20.8. The molecule has 29 heavy (non-hydrogen) atoms. The quantitative estimate of drug-likeness (QED) is 0.563. The first-order chi connectivity index (χ1) is 14.0. The number of hydrogen-bond donors (Lipinski definition) is 2. The monoisotopic (exact) mass is 427 g/mol. The topological polar surface area (TPSA) is 71.1 Å². The first-order valence-corrected chi connectivity index (χ1v) is 10.6. The Bertz CT molecular complexity index is 1020. The SMILES string of the molecule is CCc1ccccc1NC(=O)C(=O)NCCc1sc(-c2ccc(Cl)cc2)nc1C. The molecule has 0 bridgehead atoms. The Morgan fingerprint density at radius 1 is 1.07 bits per heavy atom. The minimum absolute atomic E-state index is 0.366. The molecule has 2 N–H and O–H groups in total. The first kappa shape index (κ1) is 21.0. The van der Waals surface area contributed by atoms with Crippen molar-refractivity contribution in [2.45, 2.75) is 26.7 Å². The zero-order valence-electron chi connectivity index (χ0n) is 16.3. The fourth-order valence-electron chi connectivity index (χ4n) is 2.88. The van der Waals surface area contributed by atoms with Crippen molar-refractivity contribution < 1.29 is 9.59 Å². The number of para-hydroxylation sites is 1. The maximum atomic E-state index is 12.2. The van der Waals surface area contributed by atoms with Gasteiger partial charge in [0.15, 0.2) is 0 Å². The molecule has 0 atom stereocenters. The van der Waals surface area contributed by atoms with Crippen molar-refractivity contribution in [1.29, 1.82) is 0 Å². The fourth-order valence-corrected chi connectivity index (χ4v) is 4.07. The van der Waals surface area contributed by atoms with Crippen molar-refractivity contribution in [2.75, 3.05) is 11.9 Å². The van der Waals surface area contributed by atoms with Crippen molar-refractivity contribution in [3.05, 3.63) is 69.7 Å². The van der Waals surface area contributed by atoms with Crippen LogP contribution in [0.5, 0.6) is 0 Å². The third-order valence-electron chi connectivity index (χ3n) is 4.47. The average molecular weight is 428 g/mol. The second kappa shape index (κ2) is 9.67. The zero-order valence-corrected chi connectivity index (χ0v) is 17.9. The number of halogens is 1. The largest absolute Gasteiger partial charge is 0.347 e. The van der Waals surface area contributed by atoms with Crippen molar-refractivity contribution in [2.24, 2.45) is 0 Å². The predicted molar refractivity (Wildman–Crippen MR) is 118 cm³/mol. The Morgan fingerprint density at radius 2 is 1.79 bits per heavy atom. The summed E-state index contributed by atoms with van der Waals surface area (Å²) in [6.45, 7) is 4.31. The van der Waals surface area contributed by atoms with Gasteiger partial charge in [-0.25, -0.2) is 4.98 Å². The summed E-state index contributed by atoms with van der Waals surface area (Å²) in [7, 11) is 0. The summed E-state index contributed by atoms with van der Waals surface area (Å²) < 4.78 is 0. The number of carbonyl (C=O) groups excluding carboxylic acids is 2. The third kappa shape index (κ3) is 5.43. The molecule has 2 aromatic carbocycles. The number of amides is 2. The molecule has 5 nitrogen and oxygen atoms in total. The summed E-state index contributed by atoms with van der Waals surface area (Å²) in [5, 5.41) is 6.96. The van der Waals surface area contributed by atoms with E-state index in [-0.39, 0.29) is 0 Å². The highest BCUT2D eigenvalue weighted by Gasteiger charge is 2.15. The van der Waals surface area contributed by atoms with Gasteiger partial charge >= 0.3 is 11.8 Å². The van der Waals surface area contributed by atoms with Crippen molar-refractivity contribution in [3.8, 4) is 10.6 Å². The lowest BCUT2D eigenvalue weighted by molar-refractivity contribution is -0.136. The van der Waals surface area contributed by atoms with Gasteiger partial charge in [-0.15, -0.1) is 11.3 Å². The molecule has 1 aromatic heterocycles. The van der Waals surface area contributed by atoms with E-state index in [1.54, 1.807) is 17.4 Å². The Kier molecular flexibility index (Phi) is 7.01. The van der Waals surface area contributed by atoms with Crippen LogP contribution in [0, 0.1) is 6.92 Å². The van der Waals surface area contributed by atoms with Crippen LogP contribution in [-0.2, 0) is 22.4 Å². The summed E-state index contributed by atoms with van der Waals surface area (Å²) >= 11 is 7.52. The molecule has 0 unspecified atom stereocenters. The number of hydrogen-bond acceptors (Lipinski definition) is 4. The van der Waals surface area contributed by atoms with Gasteiger partial charge in [0.2, 0.25) is 0 Å². The molecule has 0 radical (unpaired) electrons. The van der Waals surface area contributed by atoms with E-state index in [0.717, 1.165) is 33.1 Å². The summed E-state index contributed by atoms with van der Waals surface area (Å²) in [4.78, 5) is 30.0. The van der Waals surface area contributed by atoms with Gasteiger partial charge in [-0.05, 0) is 37.1 Å². The van der Waals surface area contributed by atoms with Crippen LogP contribution in [0.1, 0.15) is 23.1 Å². The van der Waals surface area contributed by atoms with Crippen molar-refractivity contribution in [1.82, 2.24) is 10.3 Å². The maximum Gasteiger partial charge on any atom is 0.313 e. The molecule has 3 rings (SSSR count). The smallest absolute Gasteiger partial charge is 0.313 e. The molecule has 0 fully saturated rings. The van der Waals surface area contributed by atoms with Crippen LogP contribution in [0.4, 0.5) is 5.69 Å². The molecule has 0 saturated heterocycles. The summed E-state index contributed by atoms with van der Waals surface area (Å²) in [5.41, 5.74) is 3.59. The van der Waals surface area contributed by atoms with E-state index in [1.165, 1.54) is 0 Å². The Morgan fingerprint density at radius 3 is 2.52 bits per heavy atom. The van der Waals surface area contributed by atoms with Crippen molar-refractivity contribution in [3.63, 3.8) is 0 Å². The number of nitrogens with one attached hydrogen (secondary N) is 2. The van der Waals surface area contributed by atoms with Gasteiger partial charge in [0, 0.05) is 34.1 Å². The minimum atomic E-state index is -0.659. The highest BCUT2D eigenvalue weighted by atomic mass is 35.5. The van der Waals surface area contributed by atoms with E-state index in [9.17, 15) is 9.59 Å². The number of aromatic nitrogens is 1. The molecular weight excluding hydrogens is 406 g/mol. The Balaban J connectivity index is 1.55. The average Bonchev–Trinajstić information content (AvgIpc) is 3.09. The molecule has 3 aromatic rings. The molecule has 0 spiro atoms. The van der Waals surface area contributed by atoms with E-state index in [1.807, 2.05) is 56.3 Å². The Hall–Kier alpha value is -2.70. The van der Waals surface area contributed by atoms with Crippen LogP contribution in [0.25, 0.3) is 10.6 Å². The van der Waals surface area contributed by atoms with Gasteiger partial charge in [0.05, 0.1) is 5.69 Å². The second-order valence-electron chi connectivity index (χ2n) is 6.51. The summed E-state index contributed by atoms with van der Waals surface area (Å²) in [6, 6.07) is 15.0. The van der Waals surface area contributed by atoms with Gasteiger partial charge in [-0.3, -0.25) is 9.59 Å². The molecule has 2 amide bonds. The van der Waals surface area contributed by atoms with Crippen LogP contribution in [0.15, 0.2) is 48.5 Å². The normalized spacial score (nSPS) is 10.6. The number of anilines is 1. The molecule has 0 saturated carbocycles. The van der Waals surface area contributed by atoms with Gasteiger partial charge in [-0.2, -0.15) is 0 Å². The summed E-state index contributed by atoms with van der Waals surface area (Å²) in [6.07, 6.45) is 1.39. The number of rotatable bonds is 6. The van der Waals surface area contributed by atoms with Crippen LogP contribution in [-0.4, -0.2) is 23.3 Å². The Labute approximate surface area is 179 Å². The molecule has 7 heteroatoms. The number of thiazole rings is 1. The van der Waals surface area contributed by atoms with E-state index in [4.69, 9.17) is 11.6 Å². The summed E-state index contributed by atoms with van der Waals surface area (Å²) in [5.74, 6) is -1.30. The number of nitrogens with zero attached hydrogens (tertiary/aromatic N) is 1. The van der Waals surface area contributed by atoms with E-state index in [0.29, 0.717) is 23.7 Å². The second-order valence-corrected chi connectivity index (χ2v) is 8.03. The van der Waals surface area contributed by atoms with Crippen molar-refractivity contribution >= 4 is 40.4 Å². The number of benzene rings is 2. The third-order valence-corrected chi connectivity index (χ3v) is 5.99. The van der Waals surface area contributed by atoms with E-state index >= 15 is 0 Å². The maximum absolute atomic E-state index is 12.2. The van der Waals surface area contributed by atoms with E-state index < -0.39 is 11.8 Å². The van der Waals surface area contributed by atoms with Crippen LogP contribution in [0.3, 0.4) is 0 Å². The minimum Gasteiger partial charge on any atom is -0.347 e. The van der Waals surface area contributed by atoms with Crippen LogP contribution in [0.2, 0.25) is 5.02 Å². The molecule has 150 valence electrons. The lowest BCUT2D eigenvalue weighted by Gasteiger charge is -2.09. The first-order valence-electron chi connectivity index (χ1n) is 9.37.